The summed E-state index contributed by atoms with van der Waals surface area (Å²) < 4.78 is 27.6. The number of methoxy groups -OCH3 is 2. The van der Waals surface area contributed by atoms with Gasteiger partial charge in [0.25, 0.3) is 5.91 Å². The normalized spacial score (nSPS) is 16.9. The smallest absolute Gasteiger partial charge is 0.325 e. The molecule has 0 aliphatic carbocycles. The molecule has 3 aromatic carbocycles. The van der Waals surface area contributed by atoms with Gasteiger partial charge in [0.1, 0.15) is 12.3 Å². The highest BCUT2D eigenvalue weighted by molar-refractivity contribution is 8.01. The standard InChI is InChI=1S/C25H24N3O5PS/c1-32-20-14-12-19(13-15-20)26-25(35)34(31)27(17-23(29)33-2)22-11-7-6-10-21(22)24(30)28(34)16-18-8-4-3-5-9-18/h3-15H,16-17H2,1-2H3,(H,26,35). The number of anilines is 2. The van der Waals surface area contributed by atoms with Crippen LogP contribution in [0.25, 0.3) is 0 Å². The summed E-state index contributed by atoms with van der Waals surface area (Å²) in [7, 11) is -1.21. The molecule has 180 valence electrons. The summed E-state index contributed by atoms with van der Waals surface area (Å²) in [6.07, 6.45) is 0. The zero-order valence-electron chi connectivity index (χ0n) is 19.2. The van der Waals surface area contributed by atoms with Gasteiger partial charge in [0.2, 0.25) is 0 Å². The van der Waals surface area contributed by atoms with E-state index in [1.54, 1.807) is 55.6 Å². The third kappa shape index (κ3) is 4.78. The number of rotatable bonds is 7. The molecule has 8 nitrogen and oxygen atoms in total. The van der Waals surface area contributed by atoms with Gasteiger partial charge in [0, 0.05) is 5.69 Å². The van der Waals surface area contributed by atoms with E-state index in [1.807, 2.05) is 30.3 Å². The van der Waals surface area contributed by atoms with E-state index in [0.717, 1.165) is 5.56 Å². The van der Waals surface area contributed by atoms with Crippen molar-refractivity contribution in [2.75, 3.05) is 30.8 Å². The van der Waals surface area contributed by atoms with Crippen molar-refractivity contribution in [3.05, 3.63) is 90.0 Å². The van der Waals surface area contributed by atoms with Gasteiger partial charge in [-0.3, -0.25) is 23.5 Å². The molecule has 35 heavy (non-hydrogen) atoms. The molecule has 3 aromatic rings. The third-order valence-corrected chi connectivity index (χ3v) is 9.03. The lowest BCUT2D eigenvalue weighted by atomic mass is 10.1. The van der Waals surface area contributed by atoms with Crippen LogP contribution in [0.2, 0.25) is 0 Å². The number of benzene rings is 3. The van der Waals surface area contributed by atoms with E-state index in [1.165, 1.54) is 16.5 Å². The Morgan fingerprint density at radius 1 is 0.943 bits per heavy atom. The van der Waals surface area contributed by atoms with Crippen LogP contribution in [0.1, 0.15) is 15.9 Å². The van der Waals surface area contributed by atoms with Gasteiger partial charge in [-0.1, -0.05) is 54.7 Å². The fraction of sp³-hybridized carbons (Fsp3) is 0.160. The average molecular weight is 510 g/mol. The third-order valence-electron chi connectivity index (χ3n) is 5.59. The number of amides is 1. The predicted molar refractivity (Wildman–Crippen MR) is 139 cm³/mol. The number of nitrogens with zero attached hydrogens (tertiary/aromatic N) is 2. The Bertz CT molecular complexity index is 1300. The van der Waals surface area contributed by atoms with Gasteiger partial charge in [0.15, 0.2) is 4.73 Å². The van der Waals surface area contributed by atoms with E-state index in [2.05, 4.69) is 5.32 Å². The molecule has 10 heteroatoms. The first kappa shape index (κ1) is 24.4. The van der Waals surface area contributed by atoms with Gasteiger partial charge in [0.05, 0.1) is 32.0 Å². The predicted octanol–water partition coefficient (Wildman–Crippen LogP) is 4.92. The molecular weight excluding hydrogens is 485 g/mol. The summed E-state index contributed by atoms with van der Waals surface area (Å²) in [5, 5.41) is 3.02. The Morgan fingerprint density at radius 3 is 2.26 bits per heavy atom. The average Bonchev–Trinajstić information content (AvgIpc) is 2.89. The largest absolute Gasteiger partial charge is 0.497 e. The first-order valence-electron chi connectivity index (χ1n) is 10.7. The van der Waals surface area contributed by atoms with Crippen LogP contribution in [0.15, 0.2) is 78.9 Å². The van der Waals surface area contributed by atoms with E-state index in [9.17, 15) is 14.2 Å². The van der Waals surface area contributed by atoms with E-state index in [4.69, 9.17) is 21.7 Å². The molecule has 0 fully saturated rings. The maximum atomic E-state index is 14.9. The number of ether oxygens (including phenoxy) is 2. The number of carbonyl (C=O) groups is 2. The number of nitrogens with one attached hydrogen (secondary N) is 1. The highest BCUT2D eigenvalue weighted by Crippen LogP contribution is 2.61. The van der Waals surface area contributed by atoms with Crippen LogP contribution in [0, 0.1) is 0 Å². The zero-order valence-corrected chi connectivity index (χ0v) is 20.9. The molecule has 1 amide bonds. The second-order valence-electron chi connectivity index (χ2n) is 7.70. The van der Waals surface area contributed by atoms with Crippen molar-refractivity contribution < 1.29 is 23.6 Å². The van der Waals surface area contributed by atoms with Gasteiger partial charge in [-0.2, -0.15) is 0 Å². The number of hydrogen-bond acceptors (Lipinski definition) is 6. The van der Waals surface area contributed by atoms with Gasteiger partial charge >= 0.3 is 13.4 Å². The number of carbonyl (C=O) groups excluding carboxylic acids is 2. The Kier molecular flexibility index (Phi) is 7.19. The molecular formula is C25H24N3O5PS. The summed E-state index contributed by atoms with van der Waals surface area (Å²) in [4.78, 5) is 26.1. The Balaban J connectivity index is 1.83. The number of esters is 1. The van der Waals surface area contributed by atoms with Crippen LogP contribution in [0.4, 0.5) is 11.4 Å². The summed E-state index contributed by atoms with van der Waals surface area (Å²) in [6, 6.07) is 22.8. The van der Waals surface area contributed by atoms with Crippen LogP contribution >= 0.6 is 19.7 Å². The van der Waals surface area contributed by atoms with Crippen molar-refractivity contribution in [1.29, 1.82) is 0 Å². The Morgan fingerprint density at radius 2 is 1.60 bits per heavy atom. The SMILES string of the molecule is COC(=O)CN1c2ccccc2C(=O)N(Cc2ccccc2)P1(=O)C(=S)Nc1ccc(OC)cc1. The fourth-order valence-corrected chi connectivity index (χ4v) is 6.97. The van der Waals surface area contributed by atoms with Gasteiger partial charge in [-0.15, -0.1) is 0 Å². The maximum absolute atomic E-state index is 14.9. The van der Waals surface area contributed by atoms with Crippen LogP contribution < -0.4 is 14.7 Å². The summed E-state index contributed by atoms with van der Waals surface area (Å²) in [5.41, 5.74) is 2.02. The molecule has 0 spiro atoms. The molecule has 0 aromatic heterocycles. The maximum Gasteiger partial charge on any atom is 0.325 e. The molecule has 0 bridgehead atoms. The van der Waals surface area contributed by atoms with Crippen LogP contribution in [0.3, 0.4) is 0 Å². The van der Waals surface area contributed by atoms with E-state index < -0.39 is 19.3 Å². The summed E-state index contributed by atoms with van der Waals surface area (Å²) >= 11 is 5.68. The topological polar surface area (TPSA) is 88.2 Å². The van der Waals surface area contributed by atoms with Gasteiger partial charge < -0.3 is 14.8 Å². The Hall–Kier alpha value is -3.68. The van der Waals surface area contributed by atoms with Crippen molar-refractivity contribution in [2.45, 2.75) is 6.54 Å². The lowest BCUT2D eigenvalue weighted by Gasteiger charge is -2.44. The monoisotopic (exact) mass is 509 g/mol. The molecule has 1 atom stereocenters. The van der Waals surface area contributed by atoms with E-state index in [-0.39, 0.29) is 17.8 Å². The first-order chi connectivity index (χ1) is 16.9. The van der Waals surface area contributed by atoms with Crippen LogP contribution in [-0.4, -0.2) is 42.0 Å². The minimum absolute atomic E-state index is 0.0351. The highest BCUT2D eigenvalue weighted by Gasteiger charge is 2.50. The molecule has 4 rings (SSSR count). The molecule has 1 N–H and O–H groups in total. The molecule has 0 saturated carbocycles. The highest BCUT2D eigenvalue weighted by atomic mass is 32.1. The van der Waals surface area contributed by atoms with Crippen molar-refractivity contribution in [3.8, 4) is 5.75 Å². The van der Waals surface area contributed by atoms with E-state index in [0.29, 0.717) is 22.7 Å². The summed E-state index contributed by atoms with van der Waals surface area (Å²) in [5.74, 6) is -0.401. The van der Waals surface area contributed by atoms with Crippen molar-refractivity contribution in [1.82, 2.24) is 4.67 Å². The molecule has 1 heterocycles. The molecule has 1 unspecified atom stereocenters. The van der Waals surface area contributed by atoms with Crippen molar-refractivity contribution in [2.24, 2.45) is 0 Å². The molecule has 0 radical (unpaired) electrons. The Labute approximate surface area is 208 Å². The van der Waals surface area contributed by atoms with Crippen LogP contribution in [0.5, 0.6) is 5.75 Å². The zero-order chi connectivity index (χ0) is 25.0. The number of hydrogen-bond donors (Lipinski definition) is 1. The van der Waals surface area contributed by atoms with Crippen molar-refractivity contribution >= 4 is 47.6 Å². The first-order valence-corrected chi connectivity index (χ1v) is 12.8. The van der Waals surface area contributed by atoms with E-state index >= 15 is 0 Å². The molecule has 0 saturated heterocycles. The minimum atomic E-state index is -4.02. The minimum Gasteiger partial charge on any atom is -0.497 e. The second-order valence-corrected chi connectivity index (χ2v) is 10.9. The number of fused-ring (bicyclic) bond motifs is 1. The van der Waals surface area contributed by atoms with Gasteiger partial charge in [-0.25, -0.2) is 0 Å². The molecule has 1 aliphatic rings. The van der Waals surface area contributed by atoms with Crippen LogP contribution in [-0.2, 0) is 20.6 Å². The quantitative estimate of drug-likeness (QED) is 0.273. The van der Waals surface area contributed by atoms with Gasteiger partial charge in [-0.05, 0) is 42.0 Å². The van der Waals surface area contributed by atoms with Crippen molar-refractivity contribution in [3.63, 3.8) is 0 Å². The second kappa shape index (κ2) is 10.3. The molecule has 1 aliphatic heterocycles. The number of para-hydroxylation sites is 1. The lowest BCUT2D eigenvalue weighted by molar-refractivity contribution is -0.138. The summed E-state index contributed by atoms with van der Waals surface area (Å²) in [6.45, 7) is -0.318. The lowest BCUT2D eigenvalue weighted by Crippen LogP contribution is -2.46. The number of thiocarbonyl (C=S) groups is 1. The fourth-order valence-electron chi connectivity index (χ4n) is 3.80.